The summed E-state index contributed by atoms with van der Waals surface area (Å²) in [5.74, 6) is 2.99. The van der Waals surface area contributed by atoms with Gasteiger partial charge in [-0.05, 0) is 68.1 Å². The molecule has 5 heteroatoms. The summed E-state index contributed by atoms with van der Waals surface area (Å²) in [7, 11) is 1.97. The molecule has 126 valence electrons. The molecule has 0 aromatic carbocycles. The minimum absolute atomic E-state index is 0. The number of rotatable bonds is 3. The minimum Gasteiger partial charge on any atom is -0.392 e. The Morgan fingerprint density at radius 1 is 1.14 bits per heavy atom. The molecule has 0 aromatic rings. The number of carbonyl (C=O) groups excluding carboxylic acids is 1. The number of likely N-dealkylation sites (N-methyl/N-ethyl adjacent to an activating group) is 1. The van der Waals surface area contributed by atoms with Crippen molar-refractivity contribution >= 4 is 18.3 Å². The molecule has 5 fully saturated rings. The lowest BCUT2D eigenvalue weighted by atomic mass is 9.49. The van der Waals surface area contributed by atoms with Gasteiger partial charge < -0.3 is 15.3 Å². The molecule has 1 heterocycles. The van der Waals surface area contributed by atoms with Gasteiger partial charge in [0.25, 0.3) is 0 Å². The lowest BCUT2D eigenvalue weighted by Gasteiger charge is -2.57. The molecule has 2 N–H and O–H groups in total. The molecule has 5 aliphatic rings. The normalized spacial score (nSPS) is 45.6. The Morgan fingerprint density at radius 3 is 2.14 bits per heavy atom. The fourth-order valence-electron chi connectivity index (χ4n) is 6.24. The van der Waals surface area contributed by atoms with Crippen LogP contribution in [0.1, 0.15) is 44.9 Å². The third kappa shape index (κ3) is 2.90. The van der Waals surface area contributed by atoms with Gasteiger partial charge in [0.15, 0.2) is 0 Å². The number of hydrogen-bond acceptors (Lipinski definition) is 3. The van der Waals surface area contributed by atoms with Crippen molar-refractivity contribution in [3.05, 3.63) is 0 Å². The van der Waals surface area contributed by atoms with Crippen LogP contribution in [0, 0.1) is 23.2 Å². The average Bonchev–Trinajstić information content (AvgIpc) is 2.82. The first-order valence-electron chi connectivity index (χ1n) is 8.69. The predicted molar refractivity (Wildman–Crippen MR) is 87.9 cm³/mol. The van der Waals surface area contributed by atoms with Crippen LogP contribution in [-0.4, -0.2) is 48.2 Å². The van der Waals surface area contributed by atoms with Crippen molar-refractivity contribution in [2.75, 3.05) is 20.1 Å². The first kappa shape index (κ1) is 16.5. The molecular formula is C17H29ClN2O2. The third-order valence-electron chi connectivity index (χ3n) is 6.52. The van der Waals surface area contributed by atoms with E-state index in [1.165, 1.54) is 38.5 Å². The van der Waals surface area contributed by atoms with Crippen LogP contribution in [0.25, 0.3) is 0 Å². The van der Waals surface area contributed by atoms with Crippen molar-refractivity contribution in [2.24, 2.45) is 23.2 Å². The highest BCUT2D eigenvalue weighted by Gasteiger charge is 2.51. The van der Waals surface area contributed by atoms with Gasteiger partial charge in [0.2, 0.25) is 5.91 Å². The van der Waals surface area contributed by atoms with Gasteiger partial charge in [-0.15, -0.1) is 12.4 Å². The van der Waals surface area contributed by atoms with Crippen molar-refractivity contribution < 1.29 is 9.90 Å². The topological polar surface area (TPSA) is 52.6 Å². The van der Waals surface area contributed by atoms with E-state index < -0.39 is 0 Å². The Hall–Kier alpha value is -0.320. The predicted octanol–water partition coefficient (Wildman–Crippen LogP) is 1.81. The molecular weight excluding hydrogens is 300 g/mol. The molecule has 1 aliphatic heterocycles. The summed E-state index contributed by atoms with van der Waals surface area (Å²) in [4.78, 5) is 14.5. The number of nitrogens with one attached hydrogen (secondary N) is 1. The van der Waals surface area contributed by atoms with Gasteiger partial charge in [-0.3, -0.25) is 4.79 Å². The van der Waals surface area contributed by atoms with E-state index in [2.05, 4.69) is 5.32 Å². The quantitative estimate of drug-likeness (QED) is 0.830. The van der Waals surface area contributed by atoms with Crippen LogP contribution in [0.2, 0.25) is 0 Å². The summed E-state index contributed by atoms with van der Waals surface area (Å²) in [6.07, 6.45) is 8.61. The van der Waals surface area contributed by atoms with E-state index in [9.17, 15) is 9.90 Å². The van der Waals surface area contributed by atoms with Crippen molar-refractivity contribution in [3.63, 3.8) is 0 Å². The van der Waals surface area contributed by atoms with E-state index >= 15 is 0 Å². The van der Waals surface area contributed by atoms with Crippen LogP contribution >= 0.6 is 12.4 Å². The molecule has 0 spiro atoms. The fourth-order valence-corrected chi connectivity index (χ4v) is 6.24. The van der Waals surface area contributed by atoms with Crippen molar-refractivity contribution in [1.82, 2.24) is 10.2 Å². The van der Waals surface area contributed by atoms with Gasteiger partial charge in [0.05, 0.1) is 12.1 Å². The van der Waals surface area contributed by atoms with E-state index in [4.69, 9.17) is 0 Å². The smallest absolute Gasteiger partial charge is 0.239 e. The van der Waals surface area contributed by atoms with Crippen molar-refractivity contribution in [3.8, 4) is 0 Å². The van der Waals surface area contributed by atoms with Crippen LogP contribution < -0.4 is 5.32 Å². The SMILES string of the molecule is CN(CC12CC3CC(CC(C3)C1)C2)C(=O)C1CC(O)CN1.Cl. The largest absolute Gasteiger partial charge is 0.392 e. The zero-order valence-corrected chi connectivity index (χ0v) is 14.3. The van der Waals surface area contributed by atoms with Gasteiger partial charge in [-0.1, -0.05) is 0 Å². The zero-order valence-electron chi connectivity index (χ0n) is 13.5. The molecule has 4 bridgehead atoms. The van der Waals surface area contributed by atoms with Crippen LogP contribution in [0.4, 0.5) is 0 Å². The second kappa shape index (κ2) is 5.95. The highest BCUT2D eigenvalue weighted by Crippen LogP contribution is 2.60. The molecule has 4 saturated carbocycles. The Labute approximate surface area is 139 Å². The van der Waals surface area contributed by atoms with Gasteiger partial charge in [0.1, 0.15) is 0 Å². The van der Waals surface area contributed by atoms with Gasteiger partial charge in [-0.25, -0.2) is 0 Å². The number of halogens is 1. The first-order chi connectivity index (χ1) is 10.0. The maximum Gasteiger partial charge on any atom is 0.239 e. The fraction of sp³-hybridized carbons (Fsp3) is 0.941. The Morgan fingerprint density at radius 2 is 1.68 bits per heavy atom. The first-order valence-corrected chi connectivity index (χ1v) is 8.69. The van der Waals surface area contributed by atoms with E-state index in [0.29, 0.717) is 18.4 Å². The molecule has 4 nitrogen and oxygen atoms in total. The van der Waals surface area contributed by atoms with E-state index in [0.717, 1.165) is 24.3 Å². The number of aliphatic hydroxyl groups is 1. The molecule has 1 amide bonds. The van der Waals surface area contributed by atoms with E-state index in [-0.39, 0.29) is 30.5 Å². The molecule has 2 unspecified atom stereocenters. The van der Waals surface area contributed by atoms with Crippen LogP contribution in [0.5, 0.6) is 0 Å². The zero-order chi connectivity index (χ0) is 14.6. The summed E-state index contributed by atoms with van der Waals surface area (Å²) in [6, 6.07) is -0.168. The molecule has 1 saturated heterocycles. The van der Waals surface area contributed by atoms with Crippen molar-refractivity contribution in [1.29, 1.82) is 0 Å². The second-order valence-corrected chi connectivity index (χ2v) is 8.46. The maximum atomic E-state index is 12.6. The monoisotopic (exact) mass is 328 g/mol. The van der Waals surface area contributed by atoms with Gasteiger partial charge >= 0.3 is 0 Å². The molecule has 5 rings (SSSR count). The number of carbonyl (C=O) groups is 1. The number of hydrogen-bond donors (Lipinski definition) is 2. The number of aliphatic hydroxyl groups excluding tert-OH is 1. The Balaban J connectivity index is 0.00000144. The minimum atomic E-state index is -0.355. The van der Waals surface area contributed by atoms with Gasteiger partial charge in [-0.2, -0.15) is 0 Å². The average molecular weight is 329 g/mol. The molecule has 4 aliphatic carbocycles. The summed E-state index contributed by atoms with van der Waals surface area (Å²) in [6.45, 7) is 1.49. The summed E-state index contributed by atoms with van der Waals surface area (Å²) in [5, 5.41) is 12.8. The van der Waals surface area contributed by atoms with Gasteiger partial charge in [0, 0.05) is 20.1 Å². The number of β-amino-alcohol motifs (C(OH)–C–C–N with tert-alkyl or cyclic N) is 1. The molecule has 2 atom stereocenters. The van der Waals surface area contributed by atoms with Crippen molar-refractivity contribution in [2.45, 2.75) is 57.1 Å². The molecule has 0 radical (unpaired) electrons. The van der Waals surface area contributed by atoms with Crippen LogP contribution in [-0.2, 0) is 4.79 Å². The highest BCUT2D eigenvalue weighted by atomic mass is 35.5. The summed E-state index contributed by atoms with van der Waals surface area (Å²) >= 11 is 0. The number of amides is 1. The maximum absolute atomic E-state index is 12.6. The van der Waals surface area contributed by atoms with E-state index in [1.54, 1.807) is 0 Å². The molecule has 0 aromatic heterocycles. The Kier molecular flexibility index (Phi) is 4.47. The van der Waals surface area contributed by atoms with Crippen LogP contribution in [0.15, 0.2) is 0 Å². The second-order valence-electron chi connectivity index (χ2n) is 8.46. The lowest BCUT2D eigenvalue weighted by molar-refractivity contribution is -0.137. The van der Waals surface area contributed by atoms with Crippen LogP contribution in [0.3, 0.4) is 0 Å². The number of nitrogens with zero attached hydrogens (tertiary/aromatic N) is 1. The highest BCUT2D eigenvalue weighted by molar-refractivity contribution is 5.85. The summed E-state index contributed by atoms with van der Waals surface area (Å²) < 4.78 is 0. The standard InChI is InChI=1S/C17H28N2O2.ClH/c1-19(16(21)15-5-14(20)9-18-15)10-17-6-11-2-12(7-17)4-13(3-11)8-17;/h11-15,18,20H,2-10H2,1H3;1H. The molecule has 22 heavy (non-hydrogen) atoms. The Bertz CT molecular complexity index is 407. The lowest BCUT2D eigenvalue weighted by Crippen LogP contribution is -2.53. The summed E-state index contributed by atoms with van der Waals surface area (Å²) in [5.41, 5.74) is 0.413. The van der Waals surface area contributed by atoms with E-state index in [1.807, 2.05) is 11.9 Å². The third-order valence-corrected chi connectivity index (χ3v) is 6.52.